The summed E-state index contributed by atoms with van der Waals surface area (Å²) in [5, 5.41) is 2.81. The topological polar surface area (TPSA) is 55.1 Å². The molecule has 0 aliphatic carbocycles. The van der Waals surface area contributed by atoms with Gasteiger partial charge in [-0.25, -0.2) is 0 Å². The second-order valence-corrected chi connectivity index (χ2v) is 4.89. The number of thioether (sulfide) groups is 1. The number of carbonyl (C=O) groups is 1. The first-order chi connectivity index (χ1) is 7.58. The summed E-state index contributed by atoms with van der Waals surface area (Å²) in [6.45, 7) is 1.98. The molecule has 1 rings (SSSR count). The van der Waals surface area contributed by atoms with Gasteiger partial charge in [-0.3, -0.25) is 4.79 Å². The lowest BCUT2D eigenvalue weighted by Gasteiger charge is -2.05. The fraction of sp³-hybridized carbons (Fsp3) is 0.273. The molecule has 3 nitrogen and oxygen atoms in total. The summed E-state index contributed by atoms with van der Waals surface area (Å²) in [6, 6.07) is 7.68. The highest BCUT2D eigenvalue weighted by molar-refractivity contribution is 8.01. The van der Waals surface area contributed by atoms with Crippen molar-refractivity contribution in [3.8, 4) is 0 Å². The van der Waals surface area contributed by atoms with Crippen LogP contribution in [0.4, 0.5) is 5.69 Å². The van der Waals surface area contributed by atoms with E-state index < -0.39 is 0 Å². The van der Waals surface area contributed by atoms with Crippen LogP contribution in [-0.4, -0.2) is 22.4 Å². The van der Waals surface area contributed by atoms with E-state index in [9.17, 15) is 4.79 Å². The van der Waals surface area contributed by atoms with Crippen LogP contribution in [0.15, 0.2) is 24.3 Å². The lowest BCUT2D eigenvalue weighted by molar-refractivity contribution is -0.113. The molecule has 1 aromatic carbocycles. The van der Waals surface area contributed by atoms with Gasteiger partial charge in [-0.1, -0.05) is 24.4 Å². The molecule has 1 aromatic rings. The Morgan fingerprint density at radius 3 is 2.88 bits per heavy atom. The number of amides is 1. The Bertz CT molecular complexity index is 393. The minimum Gasteiger partial charge on any atom is -0.393 e. The summed E-state index contributed by atoms with van der Waals surface area (Å²) in [6.07, 6.45) is 0. The third-order valence-electron chi connectivity index (χ3n) is 1.78. The van der Waals surface area contributed by atoms with Gasteiger partial charge in [0.15, 0.2) is 0 Å². The van der Waals surface area contributed by atoms with E-state index in [0.29, 0.717) is 16.5 Å². The Kier molecular flexibility index (Phi) is 5.28. The van der Waals surface area contributed by atoms with Crippen molar-refractivity contribution in [1.82, 2.24) is 0 Å². The second kappa shape index (κ2) is 6.50. The standard InChI is InChI=1S/C11H14N2OS2/c1-8-3-2-4-9(5-8)13-11(14)7-16-6-10(12)15/h2-5H,6-7H2,1H3,(H2,12,15)(H,13,14). The highest BCUT2D eigenvalue weighted by atomic mass is 32.2. The number of aryl methyl sites for hydroxylation is 1. The number of thiocarbonyl (C=S) groups is 1. The molecule has 0 saturated heterocycles. The number of nitrogens with one attached hydrogen (secondary N) is 1. The lowest BCUT2D eigenvalue weighted by atomic mass is 10.2. The quantitative estimate of drug-likeness (QED) is 0.789. The lowest BCUT2D eigenvalue weighted by Crippen LogP contribution is -2.17. The van der Waals surface area contributed by atoms with Crippen molar-refractivity contribution in [3.05, 3.63) is 29.8 Å². The van der Waals surface area contributed by atoms with Crippen LogP contribution in [0.5, 0.6) is 0 Å². The molecular formula is C11H14N2OS2. The maximum absolute atomic E-state index is 11.5. The van der Waals surface area contributed by atoms with Gasteiger partial charge in [-0.2, -0.15) is 0 Å². The molecule has 0 saturated carbocycles. The smallest absolute Gasteiger partial charge is 0.234 e. The summed E-state index contributed by atoms with van der Waals surface area (Å²) in [4.78, 5) is 11.9. The van der Waals surface area contributed by atoms with Gasteiger partial charge in [0.25, 0.3) is 0 Å². The molecule has 0 aliphatic heterocycles. The number of hydrogen-bond acceptors (Lipinski definition) is 3. The van der Waals surface area contributed by atoms with Crippen LogP contribution in [-0.2, 0) is 4.79 Å². The molecule has 86 valence electrons. The summed E-state index contributed by atoms with van der Waals surface area (Å²) >= 11 is 6.13. The van der Waals surface area contributed by atoms with Crippen LogP contribution < -0.4 is 11.1 Å². The van der Waals surface area contributed by atoms with Crippen LogP contribution >= 0.6 is 24.0 Å². The van der Waals surface area contributed by atoms with Crippen LogP contribution in [0.1, 0.15) is 5.56 Å². The second-order valence-electron chi connectivity index (χ2n) is 3.38. The maximum atomic E-state index is 11.5. The molecule has 0 radical (unpaired) electrons. The maximum Gasteiger partial charge on any atom is 0.234 e. The zero-order valence-electron chi connectivity index (χ0n) is 9.03. The Morgan fingerprint density at radius 2 is 2.25 bits per heavy atom. The van der Waals surface area contributed by atoms with E-state index in [1.54, 1.807) is 0 Å². The first-order valence-corrected chi connectivity index (χ1v) is 6.37. The van der Waals surface area contributed by atoms with Crippen molar-refractivity contribution in [2.75, 3.05) is 16.8 Å². The van der Waals surface area contributed by atoms with Gasteiger partial charge in [0.1, 0.15) is 0 Å². The van der Waals surface area contributed by atoms with Gasteiger partial charge >= 0.3 is 0 Å². The molecule has 5 heteroatoms. The minimum atomic E-state index is -0.0353. The van der Waals surface area contributed by atoms with E-state index in [1.165, 1.54) is 11.8 Å². The third kappa shape index (κ3) is 5.14. The fourth-order valence-electron chi connectivity index (χ4n) is 1.16. The number of benzene rings is 1. The van der Waals surface area contributed by atoms with E-state index in [0.717, 1.165) is 11.3 Å². The molecule has 0 heterocycles. The molecule has 0 aliphatic rings. The monoisotopic (exact) mass is 254 g/mol. The highest BCUT2D eigenvalue weighted by Gasteiger charge is 2.02. The van der Waals surface area contributed by atoms with Crippen molar-refractivity contribution in [1.29, 1.82) is 0 Å². The molecule has 0 bridgehead atoms. The van der Waals surface area contributed by atoms with Crippen LogP contribution in [0, 0.1) is 6.92 Å². The fourth-order valence-corrected chi connectivity index (χ4v) is 1.98. The minimum absolute atomic E-state index is 0.0353. The summed E-state index contributed by atoms with van der Waals surface area (Å²) < 4.78 is 0. The molecule has 0 atom stereocenters. The van der Waals surface area contributed by atoms with Crippen LogP contribution in [0.2, 0.25) is 0 Å². The number of nitrogens with two attached hydrogens (primary N) is 1. The predicted molar refractivity (Wildman–Crippen MR) is 73.9 cm³/mol. The Morgan fingerprint density at radius 1 is 1.50 bits per heavy atom. The summed E-state index contributed by atoms with van der Waals surface area (Å²) in [5.41, 5.74) is 7.27. The highest BCUT2D eigenvalue weighted by Crippen LogP contribution is 2.10. The van der Waals surface area contributed by atoms with E-state index in [-0.39, 0.29) is 5.91 Å². The largest absolute Gasteiger partial charge is 0.393 e. The van der Waals surface area contributed by atoms with E-state index >= 15 is 0 Å². The Hall–Kier alpha value is -1.07. The van der Waals surface area contributed by atoms with Crippen molar-refractivity contribution in [2.45, 2.75) is 6.92 Å². The predicted octanol–water partition coefficient (Wildman–Crippen LogP) is 1.95. The Labute approximate surface area is 105 Å². The summed E-state index contributed by atoms with van der Waals surface area (Å²) in [7, 11) is 0. The van der Waals surface area contributed by atoms with Crippen LogP contribution in [0.3, 0.4) is 0 Å². The molecule has 0 fully saturated rings. The van der Waals surface area contributed by atoms with Gasteiger partial charge in [0.05, 0.1) is 10.7 Å². The normalized spacial score (nSPS) is 9.81. The van der Waals surface area contributed by atoms with Crippen molar-refractivity contribution in [2.24, 2.45) is 5.73 Å². The number of hydrogen-bond donors (Lipinski definition) is 2. The van der Waals surface area contributed by atoms with Gasteiger partial charge < -0.3 is 11.1 Å². The van der Waals surface area contributed by atoms with E-state index in [1.807, 2.05) is 31.2 Å². The average Bonchev–Trinajstić information content (AvgIpc) is 2.16. The SMILES string of the molecule is Cc1cccc(NC(=O)CSCC(N)=S)c1. The van der Waals surface area contributed by atoms with Gasteiger partial charge in [0.2, 0.25) is 5.91 Å². The van der Waals surface area contributed by atoms with Crippen molar-refractivity contribution < 1.29 is 4.79 Å². The molecule has 16 heavy (non-hydrogen) atoms. The number of rotatable bonds is 5. The van der Waals surface area contributed by atoms with Crippen molar-refractivity contribution in [3.63, 3.8) is 0 Å². The first kappa shape index (κ1) is 13.0. The van der Waals surface area contributed by atoms with Gasteiger partial charge in [-0.15, -0.1) is 11.8 Å². The van der Waals surface area contributed by atoms with Crippen LogP contribution in [0.25, 0.3) is 0 Å². The molecule has 3 N–H and O–H groups in total. The van der Waals surface area contributed by atoms with Crippen molar-refractivity contribution >= 4 is 40.6 Å². The molecule has 0 aromatic heterocycles. The number of anilines is 1. The first-order valence-electron chi connectivity index (χ1n) is 4.80. The third-order valence-corrected chi connectivity index (χ3v) is 3.09. The zero-order valence-corrected chi connectivity index (χ0v) is 10.7. The number of carbonyl (C=O) groups excluding carboxylic acids is 1. The molecule has 1 amide bonds. The van der Waals surface area contributed by atoms with Gasteiger partial charge in [0, 0.05) is 11.4 Å². The zero-order chi connectivity index (χ0) is 12.0. The summed E-state index contributed by atoms with van der Waals surface area (Å²) in [5.74, 6) is 0.869. The van der Waals surface area contributed by atoms with E-state index in [2.05, 4.69) is 5.32 Å². The molecule has 0 unspecified atom stereocenters. The molecule has 0 spiro atoms. The Balaban J connectivity index is 2.37. The average molecular weight is 254 g/mol. The molecular weight excluding hydrogens is 240 g/mol. The van der Waals surface area contributed by atoms with E-state index in [4.69, 9.17) is 18.0 Å². The van der Waals surface area contributed by atoms with Gasteiger partial charge in [-0.05, 0) is 24.6 Å².